The van der Waals surface area contributed by atoms with E-state index in [1.54, 1.807) is 0 Å². The third kappa shape index (κ3) is 43.4. The van der Waals surface area contributed by atoms with Crippen molar-refractivity contribution >= 4 is 17.9 Å². The Bertz CT molecular complexity index is 826. The summed E-state index contributed by atoms with van der Waals surface area (Å²) in [5.41, 5.74) is 0. The van der Waals surface area contributed by atoms with Crippen LogP contribution in [0.25, 0.3) is 0 Å². The first-order valence-corrected chi connectivity index (χ1v) is 24.4. The Hall–Kier alpha value is -1.59. The molecule has 0 saturated carbocycles. The molecule has 326 valence electrons. The van der Waals surface area contributed by atoms with Crippen molar-refractivity contribution < 1.29 is 28.6 Å². The lowest BCUT2D eigenvalue weighted by atomic mass is 10.0. The van der Waals surface area contributed by atoms with E-state index in [1.807, 2.05) is 0 Å². The molecule has 0 heterocycles. The Morgan fingerprint density at radius 2 is 0.600 bits per heavy atom. The van der Waals surface area contributed by atoms with Crippen molar-refractivity contribution in [2.24, 2.45) is 5.92 Å². The van der Waals surface area contributed by atoms with Crippen molar-refractivity contribution in [2.45, 2.75) is 278 Å². The fraction of sp³-hybridized carbons (Fsp3) is 0.939. The Kier molecular flexibility index (Phi) is 42.3. The highest BCUT2D eigenvalue weighted by atomic mass is 16.6. The minimum Gasteiger partial charge on any atom is -0.462 e. The highest BCUT2D eigenvalue weighted by molar-refractivity contribution is 5.71. The summed E-state index contributed by atoms with van der Waals surface area (Å²) in [4.78, 5) is 37.7. The number of unbranched alkanes of at least 4 members (excludes halogenated alkanes) is 31. The van der Waals surface area contributed by atoms with Crippen LogP contribution in [0.1, 0.15) is 272 Å². The molecule has 6 nitrogen and oxygen atoms in total. The number of carbonyl (C=O) groups excluding carboxylic acids is 3. The highest BCUT2D eigenvalue weighted by Crippen LogP contribution is 2.17. The van der Waals surface area contributed by atoms with E-state index in [-0.39, 0.29) is 31.1 Å². The molecule has 0 aliphatic heterocycles. The summed E-state index contributed by atoms with van der Waals surface area (Å²) < 4.78 is 16.7. The fourth-order valence-electron chi connectivity index (χ4n) is 7.33. The molecule has 0 bridgehead atoms. The number of hydrogen-bond acceptors (Lipinski definition) is 6. The second-order valence-corrected chi connectivity index (χ2v) is 17.2. The molecule has 0 aromatic heterocycles. The van der Waals surface area contributed by atoms with Crippen LogP contribution in [-0.2, 0) is 28.6 Å². The number of hydrogen-bond donors (Lipinski definition) is 0. The maximum atomic E-state index is 12.7. The van der Waals surface area contributed by atoms with Crippen LogP contribution in [0.3, 0.4) is 0 Å². The van der Waals surface area contributed by atoms with Crippen molar-refractivity contribution in [3.8, 4) is 0 Å². The van der Waals surface area contributed by atoms with Gasteiger partial charge in [0, 0.05) is 19.3 Å². The van der Waals surface area contributed by atoms with E-state index in [9.17, 15) is 14.4 Å². The molecule has 0 spiro atoms. The molecule has 0 fully saturated rings. The van der Waals surface area contributed by atoms with Gasteiger partial charge in [-0.3, -0.25) is 14.4 Å². The number of carbonyl (C=O) groups is 3. The molecular formula is C49H94O6. The van der Waals surface area contributed by atoms with E-state index < -0.39 is 6.10 Å². The fourth-order valence-corrected chi connectivity index (χ4v) is 7.33. The van der Waals surface area contributed by atoms with Crippen molar-refractivity contribution in [1.29, 1.82) is 0 Å². The van der Waals surface area contributed by atoms with Gasteiger partial charge in [-0.15, -0.1) is 0 Å². The minimum absolute atomic E-state index is 0.0642. The van der Waals surface area contributed by atoms with Gasteiger partial charge in [-0.2, -0.15) is 0 Å². The van der Waals surface area contributed by atoms with E-state index >= 15 is 0 Å². The van der Waals surface area contributed by atoms with E-state index in [1.165, 1.54) is 167 Å². The van der Waals surface area contributed by atoms with Gasteiger partial charge < -0.3 is 14.2 Å². The number of ether oxygens (including phenoxy) is 3. The van der Waals surface area contributed by atoms with Gasteiger partial charge in [-0.1, -0.05) is 233 Å². The molecule has 0 aromatic carbocycles. The normalized spacial score (nSPS) is 11.9. The lowest BCUT2D eigenvalue weighted by Gasteiger charge is -2.18. The number of esters is 3. The molecule has 0 aliphatic carbocycles. The topological polar surface area (TPSA) is 78.9 Å². The summed E-state index contributed by atoms with van der Waals surface area (Å²) in [6.45, 7) is 8.94. The summed E-state index contributed by atoms with van der Waals surface area (Å²) in [7, 11) is 0. The van der Waals surface area contributed by atoms with E-state index in [2.05, 4.69) is 27.7 Å². The lowest BCUT2D eigenvalue weighted by molar-refractivity contribution is -0.167. The van der Waals surface area contributed by atoms with Crippen molar-refractivity contribution in [3.63, 3.8) is 0 Å². The van der Waals surface area contributed by atoms with Crippen molar-refractivity contribution in [1.82, 2.24) is 0 Å². The zero-order chi connectivity index (χ0) is 40.3. The standard InChI is InChI=1S/C49H94O6/c1-5-7-9-11-13-15-16-17-18-19-20-21-22-23-25-29-33-37-41-48(51)54-44-46(43-53-47(50)40-36-32-28-24-14-12-10-8-6-2)55-49(52)42-38-34-30-26-27-31-35-39-45(3)4/h45-46H,5-44H2,1-4H3/t46-/m0/s1. The summed E-state index contributed by atoms with van der Waals surface area (Å²) in [6, 6.07) is 0. The highest BCUT2D eigenvalue weighted by Gasteiger charge is 2.19. The van der Waals surface area contributed by atoms with E-state index in [0.717, 1.165) is 63.7 Å². The van der Waals surface area contributed by atoms with Gasteiger partial charge in [0.15, 0.2) is 6.10 Å². The zero-order valence-corrected chi connectivity index (χ0v) is 37.4. The Morgan fingerprint density at radius 1 is 0.345 bits per heavy atom. The second-order valence-electron chi connectivity index (χ2n) is 17.2. The molecule has 0 unspecified atom stereocenters. The smallest absolute Gasteiger partial charge is 0.306 e. The monoisotopic (exact) mass is 779 g/mol. The first kappa shape index (κ1) is 53.4. The summed E-state index contributed by atoms with van der Waals surface area (Å²) in [5.74, 6) is -0.0778. The largest absolute Gasteiger partial charge is 0.462 e. The van der Waals surface area contributed by atoms with Gasteiger partial charge in [0.05, 0.1) is 0 Å². The molecule has 0 aliphatic rings. The molecule has 1 atom stereocenters. The quantitative estimate of drug-likeness (QED) is 0.0348. The predicted molar refractivity (Wildman–Crippen MR) is 233 cm³/mol. The molecule has 0 N–H and O–H groups in total. The molecule has 6 heteroatoms. The van der Waals surface area contributed by atoms with Crippen LogP contribution in [0.4, 0.5) is 0 Å². The van der Waals surface area contributed by atoms with Crippen LogP contribution in [0.5, 0.6) is 0 Å². The van der Waals surface area contributed by atoms with Crippen molar-refractivity contribution in [2.75, 3.05) is 13.2 Å². The van der Waals surface area contributed by atoms with Gasteiger partial charge in [0.1, 0.15) is 13.2 Å². The SMILES string of the molecule is CCCCCCCCCCCCCCCCCCCCC(=O)OC[C@H](COC(=O)CCCCCCCCCCC)OC(=O)CCCCCCCCCC(C)C. The molecule has 0 aromatic rings. The van der Waals surface area contributed by atoms with Crippen molar-refractivity contribution in [3.05, 3.63) is 0 Å². The van der Waals surface area contributed by atoms with Crippen LogP contribution in [0.15, 0.2) is 0 Å². The van der Waals surface area contributed by atoms with E-state index in [0.29, 0.717) is 19.3 Å². The first-order valence-electron chi connectivity index (χ1n) is 24.4. The third-order valence-electron chi connectivity index (χ3n) is 11.0. The van der Waals surface area contributed by atoms with Gasteiger partial charge in [-0.25, -0.2) is 0 Å². The molecule has 0 amide bonds. The van der Waals surface area contributed by atoms with Crippen LogP contribution in [-0.4, -0.2) is 37.2 Å². The van der Waals surface area contributed by atoms with Crippen LogP contribution < -0.4 is 0 Å². The van der Waals surface area contributed by atoms with Gasteiger partial charge in [-0.05, 0) is 25.2 Å². The first-order chi connectivity index (χ1) is 26.9. The van der Waals surface area contributed by atoms with Gasteiger partial charge >= 0.3 is 17.9 Å². The Morgan fingerprint density at radius 3 is 0.891 bits per heavy atom. The van der Waals surface area contributed by atoms with Crippen LogP contribution in [0.2, 0.25) is 0 Å². The maximum Gasteiger partial charge on any atom is 0.306 e. The Balaban J connectivity index is 4.21. The number of rotatable bonds is 44. The van der Waals surface area contributed by atoms with Gasteiger partial charge in [0.2, 0.25) is 0 Å². The average molecular weight is 779 g/mol. The minimum atomic E-state index is -0.759. The molecule has 0 saturated heterocycles. The maximum absolute atomic E-state index is 12.7. The lowest BCUT2D eigenvalue weighted by Crippen LogP contribution is -2.30. The summed E-state index contributed by atoms with van der Waals surface area (Å²) >= 11 is 0. The molecule has 55 heavy (non-hydrogen) atoms. The average Bonchev–Trinajstić information content (AvgIpc) is 3.17. The van der Waals surface area contributed by atoms with E-state index in [4.69, 9.17) is 14.2 Å². The van der Waals surface area contributed by atoms with Crippen LogP contribution in [0, 0.1) is 5.92 Å². The molecule has 0 rings (SSSR count). The third-order valence-corrected chi connectivity index (χ3v) is 11.0. The van der Waals surface area contributed by atoms with Gasteiger partial charge in [0.25, 0.3) is 0 Å². The Labute approximate surface area is 342 Å². The molecular weight excluding hydrogens is 685 g/mol. The summed E-state index contributed by atoms with van der Waals surface area (Å²) in [6.07, 6.45) is 43.9. The zero-order valence-electron chi connectivity index (χ0n) is 37.4. The molecule has 0 radical (unpaired) electrons. The summed E-state index contributed by atoms with van der Waals surface area (Å²) in [5, 5.41) is 0. The second kappa shape index (κ2) is 43.5. The van der Waals surface area contributed by atoms with Crippen LogP contribution >= 0.6 is 0 Å². The predicted octanol–water partition coefficient (Wildman–Crippen LogP) is 15.5.